The zero-order valence-electron chi connectivity index (χ0n) is 18.7. The van der Waals surface area contributed by atoms with E-state index in [1.54, 1.807) is 0 Å². The zero-order chi connectivity index (χ0) is 21.3. The van der Waals surface area contributed by atoms with E-state index in [9.17, 15) is 0 Å². The van der Waals surface area contributed by atoms with Crippen LogP contribution in [0.3, 0.4) is 0 Å². The first-order valence-electron chi connectivity index (χ1n) is 10.8. The number of fused-ring (bicyclic) bond motifs is 3. The van der Waals surface area contributed by atoms with E-state index >= 15 is 0 Å². The average Bonchev–Trinajstić information content (AvgIpc) is 3.08. The molecule has 0 spiro atoms. The molecule has 3 aromatic carbocycles. The van der Waals surface area contributed by atoms with Gasteiger partial charge in [-0.3, -0.25) is 0 Å². The van der Waals surface area contributed by atoms with Gasteiger partial charge in [0.1, 0.15) is 0 Å². The predicted molar refractivity (Wildman–Crippen MR) is 125 cm³/mol. The molecule has 0 aromatic heterocycles. The fourth-order valence-corrected chi connectivity index (χ4v) is 4.83. The van der Waals surface area contributed by atoms with Crippen LogP contribution in [0.5, 0.6) is 0 Å². The largest absolute Gasteiger partial charge is 0.494 e. The molecule has 0 amide bonds. The van der Waals surface area contributed by atoms with E-state index in [-0.39, 0.29) is 23.7 Å². The summed E-state index contributed by atoms with van der Waals surface area (Å²) in [6.07, 6.45) is 0. The lowest BCUT2D eigenvalue weighted by Crippen LogP contribution is -2.41. The average molecular weight is 396 g/mol. The number of hydrogen-bond donors (Lipinski definition) is 0. The van der Waals surface area contributed by atoms with Crippen molar-refractivity contribution in [1.29, 1.82) is 0 Å². The smallest absolute Gasteiger partial charge is 0.399 e. The number of rotatable bonds is 2. The van der Waals surface area contributed by atoms with Crippen LogP contribution in [-0.2, 0) is 14.7 Å². The second-order valence-electron chi connectivity index (χ2n) is 10.1. The van der Waals surface area contributed by atoms with Crippen LogP contribution in [0.4, 0.5) is 0 Å². The molecule has 0 saturated carbocycles. The second-order valence-corrected chi connectivity index (χ2v) is 10.1. The lowest BCUT2D eigenvalue weighted by Gasteiger charge is -2.32. The molecule has 1 aliphatic heterocycles. The van der Waals surface area contributed by atoms with E-state index in [4.69, 9.17) is 9.31 Å². The van der Waals surface area contributed by atoms with E-state index in [1.165, 1.54) is 33.4 Å². The maximum absolute atomic E-state index is 6.30. The van der Waals surface area contributed by atoms with Crippen molar-refractivity contribution < 1.29 is 9.31 Å². The third-order valence-electron chi connectivity index (χ3n) is 7.33. The van der Waals surface area contributed by atoms with Gasteiger partial charge < -0.3 is 9.31 Å². The van der Waals surface area contributed by atoms with Crippen molar-refractivity contribution in [3.63, 3.8) is 0 Å². The monoisotopic (exact) mass is 396 g/mol. The first-order chi connectivity index (χ1) is 14.1. The molecule has 0 bridgehead atoms. The van der Waals surface area contributed by atoms with Gasteiger partial charge in [-0.2, -0.15) is 0 Å². The molecular weight excluding hydrogens is 367 g/mol. The lowest BCUT2D eigenvalue weighted by molar-refractivity contribution is 0.00578. The summed E-state index contributed by atoms with van der Waals surface area (Å²) in [5.41, 5.74) is 8.33. The number of hydrogen-bond acceptors (Lipinski definition) is 2. The van der Waals surface area contributed by atoms with Gasteiger partial charge in [-0.25, -0.2) is 0 Å². The highest BCUT2D eigenvalue weighted by Gasteiger charge is 2.51. The van der Waals surface area contributed by atoms with Gasteiger partial charge in [-0.1, -0.05) is 80.6 Å². The van der Waals surface area contributed by atoms with Crippen LogP contribution >= 0.6 is 0 Å². The normalized spacial score (nSPS) is 20.1. The summed E-state index contributed by atoms with van der Waals surface area (Å²) in [5, 5.41) is 0. The SMILES string of the molecule is CC1(C)c2ccccc2-c2c(-c3cccc(B4OC(C)(C)C(C)(C)O4)c3)cccc21. The molecule has 0 unspecified atom stereocenters. The molecule has 1 heterocycles. The Labute approximate surface area is 180 Å². The number of benzene rings is 3. The minimum atomic E-state index is -0.351. The molecule has 2 nitrogen and oxygen atoms in total. The third kappa shape index (κ3) is 2.72. The van der Waals surface area contributed by atoms with Gasteiger partial charge in [0.15, 0.2) is 0 Å². The molecule has 0 N–H and O–H groups in total. The van der Waals surface area contributed by atoms with Gasteiger partial charge >= 0.3 is 7.12 Å². The molecule has 1 fully saturated rings. The van der Waals surface area contributed by atoms with Crippen molar-refractivity contribution in [2.45, 2.75) is 58.2 Å². The topological polar surface area (TPSA) is 18.5 Å². The van der Waals surface area contributed by atoms with Crippen LogP contribution < -0.4 is 5.46 Å². The molecule has 0 atom stereocenters. The quantitative estimate of drug-likeness (QED) is 0.498. The van der Waals surface area contributed by atoms with E-state index in [0.717, 1.165) is 5.46 Å². The van der Waals surface area contributed by atoms with Gasteiger partial charge in [0.2, 0.25) is 0 Å². The fourth-order valence-electron chi connectivity index (χ4n) is 4.83. The van der Waals surface area contributed by atoms with E-state index < -0.39 is 0 Å². The van der Waals surface area contributed by atoms with Crippen LogP contribution in [0.15, 0.2) is 66.7 Å². The van der Waals surface area contributed by atoms with Crippen molar-refractivity contribution in [2.75, 3.05) is 0 Å². The van der Waals surface area contributed by atoms with E-state index in [0.29, 0.717) is 0 Å². The van der Waals surface area contributed by atoms with Gasteiger partial charge in [0.05, 0.1) is 11.2 Å². The van der Waals surface area contributed by atoms with Gasteiger partial charge in [0.25, 0.3) is 0 Å². The highest BCUT2D eigenvalue weighted by atomic mass is 16.7. The van der Waals surface area contributed by atoms with Crippen LogP contribution in [-0.4, -0.2) is 18.3 Å². The standard InChI is InChI=1S/C27H29BO2/c1-25(2)22-15-8-7-13-21(22)24-20(14-10-16-23(24)25)18-11-9-12-19(17-18)28-29-26(3,4)27(5,6)30-28/h7-17H,1-6H3. The Hall–Kier alpha value is -2.36. The van der Waals surface area contributed by atoms with Crippen molar-refractivity contribution >= 4 is 12.6 Å². The molecule has 30 heavy (non-hydrogen) atoms. The van der Waals surface area contributed by atoms with Crippen molar-refractivity contribution in [2.24, 2.45) is 0 Å². The molecule has 0 radical (unpaired) electrons. The van der Waals surface area contributed by atoms with E-state index in [1.807, 2.05) is 0 Å². The Morgan fingerprint density at radius 3 is 1.97 bits per heavy atom. The van der Waals surface area contributed by atoms with Crippen molar-refractivity contribution in [1.82, 2.24) is 0 Å². The summed E-state index contributed by atoms with van der Waals surface area (Å²) < 4.78 is 12.6. The van der Waals surface area contributed by atoms with Crippen molar-refractivity contribution in [3.05, 3.63) is 77.9 Å². The van der Waals surface area contributed by atoms with Crippen LogP contribution in [0.2, 0.25) is 0 Å². The maximum Gasteiger partial charge on any atom is 0.494 e. The molecule has 3 heteroatoms. The minimum absolute atomic E-state index is 0.00523. The summed E-state index contributed by atoms with van der Waals surface area (Å²) in [6, 6.07) is 24.1. The fraction of sp³-hybridized carbons (Fsp3) is 0.333. The third-order valence-corrected chi connectivity index (χ3v) is 7.33. The predicted octanol–water partition coefficient (Wildman–Crippen LogP) is 5.96. The Bertz CT molecular complexity index is 1130. The van der Waals surface area contributed by atoms with Gasteiger partial charge in [-0.15, -0.1) is 0 Å². The van der Waals surface area contributed by atoms with Gasteiger partial charge in [0, 0.05) is 5.41 Å². The van der Waals surface area contributed by atoms with Crippen LogP contribution in [0.25, 0.3) is 22.3 Å². The lowest BCUT2D eigenvalue weighted by atomic mass is 9.77. The van der Waals surface area contributed by atoms with Crippen molar-refractivity contribution in [3.8, 4) is 22.3 Å². The van der Waals surface area contributed by atoms with E-state index in [2.05, 4.69) is 108 Å². The summed E-state index contributed by atoms with van der Waals surface area (Å²) in [7, 11) is -0.351. The molecule has 2 aliphatic rings. The maximum atomic E-state index is 6.30. The molecule has 152 valence electrons. The second kappa shape index (κ2) is 6.32. The summed E-state index contributed by atoms with van der Waals surface area (Å²) >= 11 is 0. The summed E-state index contributed by atoms with van der Waals surface area (Å²) in [4.78, 5) is 0. The first kappa shape index (κ1) is 19.6. The first-order valence-corrected chi connectivity index (χ1v) is 10.8. The van der Waals surface area contributed by atoms with Crippen LogP contribution in [0, 0.1) is 0 Å². The molecular formula is C27H29BO2. The Balaban J connectivity index is 1.62. The molecule has 3 aromatic rings. The highest BCUT2D eigenvalue weighted by molar-refractivity contribution is 6.62. The van der Waals surface area contributed by atoms with Crippen LogP contribution in [0.1, 0.15) is 52.7 Å². The highest BCUT2D eigenvalue weighted by Crippen LogP contribution is 2.51. The Morgan fingerprint density at radius 2 is 1.23 bits per heavy atom. The molecule has 1 aliphatic carbocycles. The minimum Gasteiger partial charge on any atom is -0.399 e. The van der Waals surface area contributed by atoms with Gasteiger partial charge in [-0.05, 0) is 66.5 Å². The Kier molecular flexibility index (Phi) is 4.13. The molecule has 5 rings (SSSR count). The molecule has 1 saturated heterocycles. The Morgan fingerprint density at radius 1 is 0.633 bits per heavy atom. The summed E-state index contributed by atoms with van der Waals surface area (Å²) in [6.45, 7) is 13.0. The zero-order valence-corrected chi connectivity index (χ0v) is 18.7. The summed E-state index contributed by atoms with van der Waals surface area (Å²) in [5.74, 6) is 0.